The van der Waals surface area contributed by atoms with E-state index in [-0.39, 0.29) is 11.4 Å². The molecule has 0 fully saturated rings. The maximum atomic E-state index is 10.7. The van der Waals surface area contributed by atoms with Crippen LogP contribution in [-0.4, -0.2) is 47.5 Å². The number of nitrogens with one attached hydrogen (secondary N) is 2. The second-order valence-electron chi connectivity index (χ2n) is 5.75. The van der Waals surface area contributed by atoms with Gasteiger partial charge < -0.3 is 10.2 Å². The van der Waals surface area contributed by atoms with Gasteiger partial charge in [0.05, 0.1) is 4.92 Å². The van der Waals surface area contributed by atoms with Crippen LogP contribution in [0.5, 0.6) is 0 Å². The summed E-state index contributed by atoms with van der Waals surface area (Å²) in [5.41, 5.74) is 0.330. The molecule has 0 aromatic carbocycles. The molecular weight excluding hydrogens is 358 g/mol. The molecule has 0 aliphatic rings. The van der Waals surface area contributed by atoms with Gasteiger partial charge in [0, 0.05) is 5.69 Å². The van der Waals surface area contributed by atoms with Crippen molar-refractivity contribution in [2.75, 3.05) is 0 Å². The van der Waals surface area contributed by atoms with Crippen molar-refractivity contribution in [3.8, 4) is 0 Å². The molecule has 0 unspecified atom stereocenters. The highest BCUT2D eigenvalue weighted by molar-refractivity contribution is 5.90. The standard InChI is InChI=1S/C8H11N3O4.C8H12N2O2/c1-2-3-4-5-7(11(14)15)6(8(12)13)10-9-5;1-2-3-4-6-5-7(8(11)12)10-9-6/h2-4H2,1H3,(H,9,10)(H,12,13);5H,2-4H2,1H3,(H,9,10)(H,11,12). The number of rotatable bonds is 9. The summed E-state index contributed by atoms with van der Waals surface area (Å²) in [6.45, 7) is 4.04. The van der Waals surface area contributed by atoms with Crippen molar-refractivity contribution in [2.45, 2.75) is 52.4 Å². The Bertz CT molecular complexity index is 782. The van der Waals surface area contributed by atoms with Gasteiger partial charge in [-0.2, -0.15) is 10.2 Å². The first kappa shape index (κ1) is 21.8. The number of aryl methyl sites for hydroxylation is 2. The second-order valence-corrected chi connectivity index (χ2v) is 5.75. The van der Waals surface area contributed by atoms with E-state index in [1.54, 1.807) is 6.07 Å². The third-order valence-corrected chi connectivity index (χ3v) is 3.63. The Morgan fingerprint density at radius 1 is 1.07 bits per heavy atom. The van der Waals surface area contributed by atoms with Crippen molar-refractivity contribution < 1.29 is 24.7 Å². The van der Waals surface area contributed by atoms with Crippen LogP contribution >= 0.6 is 0 Å². The summed E-state index contributed by atoms with van der Waals surface area (Å²) in [7, 11) is 0. The Kier molecular flexibility index (Phi) is 8.63. The van der Waals surface area contributed by atoms with Crippen LogP contribution in [-0.2, 0) is 12.8 Å². The number of carboxylic acid groups (broad SMARTS) is 2. The minimum Gasteiger partial charge on any atom is -0.476 e. The zero-order valence-electron chi connectivity index (χ0n) is 15.2. The fourth-order valence-electron chi connectivity index (χ4n) is 2.21. The summed E-state index contributed by atoms with van der Waals surface area (Å²) in [6, 6.07) is 1.58. The highest BCUT2D eigenvalue weighted by atomic mass is 16.6. The number of carbonyl (C=O) groups is 2. The lowest BCUT2D eigenvalue weighted by Gasteiger charge is -1.94. The molecule has 0 saturated carbocycles. The summed E-state index contributed by atoms with van der Waals surface area (Å²) in [4.78, 5) is 31.0. The van der Waals surface area contributed by atoms with E-state index in [0.717, 1.165) is 37.8 Å². The first-order valence-electron chi connectivity index (χ1n) is 8.54. The predicted molar refractivity (Wildman–Crippen MR) is 95.0 cm³/mol. The number of nitrogens with zero attached hydrogens (tertiary/aromatic N) is 3. The average Bonchev–Trinajstić information content (AvgIpc) is 3.25. The van der Waals surface area contributed by atoms with Crippen LogP contribution in [0.3, 0.4) is 0 Å². The quantitative estimate of drug-likeness (QED) is 0.378. The van der Waals surface area contributed by atoms with E-state index >= 15 is 0 Å². The van der Waals surface area contributed by atoms with Crippen molar-refractivity contribution >= 4 is 17.6 Å². The fraction of sp³-hybridized carbons (Fsp3) is 0.500. The minimum absolute atomic E-state index is 0.0982. The van der Waals surface area contributed by atoms with E-state index in [1.165, 1.54) is 0 Å². The first-order chi connectivity index (χ1) is 12.8. The third kappa shape index (κ3) is 6.53. The zero-order valence-corrected chi connectivity index (χ0v) is 15.2. The second kappa shape index (κ2) is 10.7. The van der Waals surface area contributed by atoms with Gasteiger partial charge in [-0.25, -0.2) is 9.59 Å². The van der Waals surface area contributed by atoms with Crippen LogP contribution in [0.25, 0.3) is 0 Å². The number of H-pyrrole nitrogens is 2. The lowest BCUT2D eigenvalue weighted by Crippen LogP contribution is -2.02. The van der Waals surface area contributed by atoms with Crippen LogP contribution in [0, 0.1) is 10.1 Å². The van der Waals surface area contributed by atoms with Crippen molar-refractivity contribution in [3.05, 3.63) is 39.0 Å². The smallest absolute Gasteiger partial charge is 0.363 e. The molecule has 2 aromatic rings. The maximum Gasteiger partial charge on any atom is 0.363 e. The Morgan fingerprint density at radius 3 is 2.19 bits per heavy atom. The Morgan fingerprint density at radius 2 is 1.70 bits per heavy atom. The topological polar surface area (TPSA) is 175 Å². The van der Waals surface area contributed by atoms with Crippen molar-refractivity contribution in [2.24, 2.45) is 0 Å². The predicted octanol–water partition coefficient (Wildman–Crippen LogP) is 2.81. The number of nitro groups is 1. The summed E-state index contributed by atoms with van der Waals surface area (Å²) in [5.74, 6) is -2.37. The number of hydrogen-bond acceptors (Lipinski definition) is 6. The van der Waals surface area contributed by atoms with Crippen LogP contribution in [0.2, 0.25) is 0 Å². The lowest BCUT2D eigenvalue weighted by atomic mass is 10.1. The normalized spacial score (nSPS) is 10.1. The highest BCUT2D eigenvalue weighted by Crippen LogP contribution is 2.22. The van der Waals surface area contributed by atoms with Gasteiger partial charge >= 0.3 is 17.6 Å². The lowest BCUT2D eigenvalue weighted by molar-refractivity contribution is -0.385. The molecule has 0 amide bonds. The Hall–Kier alpha value is -3.24. The van der Waals surface area contributed by atoms with Gasteiger partial charge in [0.15, 0.2) is 5.69 Å². The van der Waals surface area contributed by atoms with Crippen LogP contribution in [0.1, 0.15) is 71.9 Å². The van der Waals surface area contributed by atoms with E-state index in [1.807, 2.05) is 6.92 Å². The molecule has 11 heteroatoms. The molecule has 0 radical (unpaired) electrons. The summed E-state index contributed by atoms with van der Waals surface area (Å²) in [6.07, 6.45) is 5.09. The van der Waals surface area contributed by atoms with E-state index in [2.05, 4.69) is 27.3 Å². The Labute approximate surface area is 155 Å². The van der Waals surface area contributed by atoms with Crippen LogP contribution < -0.4 is 0 Å². The average molecular weight is 381 g/mol. The molecule has 27 heavy (non-hydrogen) atoms. The fourth-order valence-corrected chi connectivity index (χ4v) is 2.21. The van der Waals surface area contributed by atoms with Crippen LogP contribution in [0.15, 0.2) is 6.07 Å². The number of carboxylic acids is 2. The van der Waals surface area contributed by atoms with E-state index < -0.39 is 28.2 Å². The molecule has 2 heterocycles. The molecule has 11 nitrogen and oxygen atoms in total. The monoisotopic (exact) mass is 381 g/mol. The molecule has 0 saturated heterocycles. The molecule has 0 aliphatic heterocycles. The van der Waals surface area contributed by atoms with Crippen molar-refractivity contribution in [1.29, 1.82) is 0 Å². The molecule has 4 N–H and O–H groups in total. The van der Waals surface area contributed by atoms with Crippen molar-refractivity contribution in [1.82, 2.24) is 20.4 Å². The van der Waals surface area contributed by atoms with Gasteiger partial charge in [-0.15, -0.1) is 0 Å². The molecule has 0 atom stereocenters. The zero-order chi connectivity index (χ0) is 20.4. The van der Waals surface area contributed by atoms with E-state index in [0.29, 0.717) is 6.42 Å². The van der Waals surface area contributed by atoms with Gasteiger partial charge in [0.25, 0.3) is 0 Å². The number of aromatic amines is 2. The Balaban J connectivity index is 0.000000277. The molecule has 2 aromatic heterocycles. The van der Waals surface area contributed by atoms with Gasteiger partial charge in [-0.1, -0.05) is 26.7 Å². The van der Waals surface area contributed by atoms with Gasteiger partial charge in [-0.05, 0) is 31.7 Å². The summed E-state index contributed by atoms with van der Waals surface area (Å²) < 4.78 is 0. The maximum absolute atomic E-state index is 10.7. The number of aromatic nitrogens is 4. The summed E-state index contributed by atoms with van der Waals surface area (Å²) >= 11 is 0. The number of hydrogen-bond donors (Lipinski definition) is 4. The van der Waals surface area contributed by atoms with E-state index in [9.17, 15) is 19.7 Å². The SMILES string of the molecule is CCCCc1[nH]nc(C(=O)O)c1[N+](=O)[O-].CCCCc1cc(C(=O)O)n[nH]1. The third-order valence-electron chi connectivity index (χ3n) is 3.63. The molecular formula is C16H23N5O6. The molecule has 2 rings (SSSR count). The highest BCUT2D eigenvalue weighted by Gasteiger charge is 2.28. The molecule has 0 bridgehead atoms. The minimum atomic E-state index is -1.39. The summed E-state index contributed by atoms with van der Waals surface area (Å²) in [5, 5.41) is 40.0. The van der Waals surface area contributed by atoms with E-state index in [4.69, 9.17) is 10.2 Å². The van der Waals surface area contributed by atoms with Gasteiger partial charge in [0.1, 0.15) is 5.69 Å². The van der Waals surface area contributed by atoms with Gasteiger partial charge in [0.2, 0.25) is 5.69 Å². The van der Waals surface area contributed by atoms with Gasteiger partial charge in [-0.3, -0.25) is 20.3 Å². The molecule has 0 aliphatic carbocycles. The molecule has 0 spiro atoms. The largest absolute Gasteiger partial charge is 0.476 e. The number of unbranched alkanes of at least 4 members (excludes halogenated alkanes) is 2. The first-order valence-corrected chi connectivity index (χ1v) is 8.54. The molecule has 148 valence electrons. The number of aromatic carboxylic acids is 2. The van der Waals surface area contributed by atoms with Crippen LogP contribution in [0.4, 0.5) is 5.69 Å². The van der Waals surface area contributed by atoms with Crippen molar-refractivity contribution in [3.63, 3.8) is 0 Å².